The SMILES string of the molecule is Cc1nnc([C@H]2CC[C@H](NC(=O)C(=O)Nc3ccc(Br)cn3)[C@H](NC(=O)c3nc4c(s3)CN(C)CC4)C2)o1.Cl. The molecule has 208 valence electrons. The monoisotopic (exact) mass is 638 g/mol. The fourth-order valence-electron chi connectivity index (χ4n) is 4.71. The van der Waals surface area contributed by atoms with Crippen LogP contribution >= 0.6 is 39.7 Å². The van der Waals surface area contributed by atoms with Gasteiger partial charge in [-0.1, -0.05) is 0 Å². The lowest BCUT2D eigenvalue weighted by atomic mass is 9.82. The summed E-state index contributed by atoms with van der Waals surface area (Å²) in [6.07, 6.45) is 3.94. The average molecular weight is 640 g/mol. The zero-order valence-corrected chi connectivity index (χ0v) is 24.5. The van der Waals surface area contributed by atoms with Crippen LogP contribution in [0.1, 0.15) is 57.3 Å². The summed E-state index contributed by atoms with van der Waals surface area (Å²) in [7, 11) is 2.04. The summed E-state index contributed by atoms with van der Waals surface area (Å²) in [6.45, 7) is 3.39. The van der Waals surface area contributed by atoms with Crippen LogP contribution in [0, 0.1) is 6.92 Å². The highest BCUT2D eigenvalue weighted by Gasteiger charge is 2.37. The van der Waals surface area contributed by atoms with Crippen LogP contribution in [0.5, 0.6) is 0 Å². The minimum absolute atomic E-state index is 0. The van der Waals surface area contributed by atoms with Crippen LogP contribution in [0.3, 0.4) is 0 Å². The number of halogens is 2. The number of carbonyl (C=O) groups is 3. The highest BCUT2D eigenvalue weighted by atomic mass is 79.9. The summed E-state index contributed by atoms with van der Waals surface area (Å²) in [6, 6.07) is 2.35. The molecule has 0 radical (unpaired) electrons. The summed E-state index contributed by atoms with van der Waals surface area (Å²) >= 11 is 4.67. The molecule has 0 aromatic carbocycles. The molecule has 15 heteroatoms. The van der Waals surface area contributed by atoms with E-state index in [0.717, 1.165) is 34.6 Å². The first-order chi connectivity index (χ1) is 18.2. The smallest absolute Gasteiger partial charge is 0.314 e. The van der Waals surface area contributed by atoms with E-state index in [1.165, 1.54) is 17.5 Å². The number of anilines is 1. The van der Waals surface area contributed by atoms with Crippen molar-refractivity contribution < 1.29 is 18.8 Å². The molecule has 2 aliphatic rings. The van der Waals surface area contributed by atoms with E-state index < -0.39 is 23.9 Å². The van der Waals surface area contributed by atoms with Crippen molar-refractivity contribution in [2.75, 3.05) is 18.9 Å². The van der Waals surface area contributed by atoms with E-state index >= 15 is 0 Å². The van der Waals surface area contributed by atoms with Gasteiger partial charge in [0.15, 0.2) is 5.01 Å². The minimum Gasteiger partial charge on any atom is -0.425 e. The Bertz CT molecular complexity index is 1350. The quantitative estimate of drug-likeness (QED) is 0.357. The molecular formula is C24H28BrClN8O4S. The van der Waals surface area contributed by atoms with E-state index in [-0.39, 0.29) is 30.0 Å². The lowest BCUT2D eigenvalue weighted by molar-refractivity contribution is -0.136. The number of fused-ring (bicyclic) bond motifs is 1. The fraction of sp³-hybridized carbons (Fsp3) is 0.458. The Balaban J connectivity index is 0.00000353. The zero-order valence-electron chi connectivity index (χ0n) is 21.3. The summed E-state index contributed by atoms with van der Waals surface area (Å²) in [4.78, 5) is 50.5. The number of aromatic nitrogens is 4. The molecule has 3 aromatic heterocycles. The number of rotatable bonds is 5. The highest BCUT2D eigenvalue weighted by molar-refractivity contribution is 9.10. The van der Waals surface area contributed by atoms with Gasteiger partial charge in [-0.15, -0.1) is 33.9 Å². The number of thiazole rings is 1. The van der Waals surface area contributed by atoms with Crippen LogP contribution < -0.4 is 16.0 Å². The van der Waals surface area contributed by atoms with Crippen LogP contribution in [0.4, 0.5) is 5.82 Å². The number of hydrogen-bond donors (Lipinski definition) is 3. The molecule has 1 aliphatic carbocycles. The predicted molar refractivity (Wildman–Crippen MR) is 149 cm³/mol. The minimum atomic E-state index is -0.837. The molecule has 0 bridgehead atoms. The van der Waals surface area contributed by atoms with E-state index in [0.29, 0.717) is 36.1 Å². The summed E-state index contributed by atoms with van der Waals surface area (Å²) in [5, 5.41) is 16.8. The molecule has 3 atom stereocenters. The van der Waals surface area contributed by atoms with Gasteiger partial charge in [-0.25, -0.2) is 9.97 Å². The van der Waals surface area contributed by atoms with E-state index in [1.54, 1.807) is 19.1 Å². The van der Waals surface area contributed by atoms with Crippen molar-refractivity contribution in [3.63, 3.8) is 0 Å². The molecule has 0 saturated heterocycles. The summed E-state index contributed by atoms with van der Waals surface area (Å²) < 4.78 is 6.39. The molecule has 1 saturated carbocycles. The van der Waals surface area contributed by atoms with Crippen molar-refractivity contribution >= 4 is 63.2 Å². The van der Waals surface area contributed by atoms with Crippen molar-refractivity contribution in [3.8, 4) is 0 Å². The number of hydrogen-bond acceptors (Lipinski definition) is 10. The van der Waals surface area contributed by atoms with Gasteiger partial charge < -0.3 is 25.3 Å². The van der Waals surface area contributed by atoms with Gasteiger partial charge in [0, 0.05) is 53.9 Å². The van der Waals surface area contributed by atoms with Gasteiger partial charge in [0.05, 0.1) is 11.7 Å². The van der Waals surface area contributed by atoms with Crippen molar-refractivity contribution in [2.24, 2.45) is 0 Å². The van der Waals surface area contributed by atoms with Crippen LogP contribution in [-0.4, -0.2) is 68.5 Å². The van der Waals surface area contributed by atoms with Gasteiger partial charge in [-0.2, -0.15) is 0 Å². The Labute approximate surface area is 243 Å². The standard InChI is InChI=1S/C24H27BrN8O4S.ClH/c1-12-31-32-23(37-12)13-3-5-15(27-20(34)21(35)30-19-6-4-14(25)10-26-19)17(9-13)28-22(36)24-29-16-7-8-33(2)11-18(16)38-24;/h4,6,10,13,15,17H,3,5,7-9,11H2,1-2H3,(H,27,34)(H,28,36)(H,26,30,35);1H/t13-,15-,17+;/m0./s1. The number of amides is 3. The third kappa shape index (κ3) is 6.99. The Kier molecular flexibility index (Phi) is 9.31. The maximum Gasteiger partial charge on any atom is 0.314 e. The van der Waals surface area contributed by atoms with Crippen molar-refractivity contribution in [2.45, 2.75) is 57.2 Å². The molecular weight excluding hydrogens is 612 g/mol. The first-order valence-corrected chi connectivity index (χ1v) is 13.9. The summed E-state index contributed by atoms with van der Waals surface area (Å²) in [5.41, 5.74) is 0.962. The second-order valence-corrected chi connectivity index (χ2v) is 11.5. The molecule has 3 aromatic rings. The first kappa shape index (κ1) is 29.1. The van der Waals surface area contributed by atoms with E-state index in [4.69, 9.17) is 4.42 Å². The molecule has 3 N–H and O–H groups in total. The van der Waals surface area contributed by atoms with Crippen molar-refractivity contribution in [1.29, 1.82) is 0 Å². The Morgan fingerprint density at radius 1 is 1.13 bits per heavy atom. The van der Waals surface area contributed by atoms with Gasteiger partial charge >= 0.3 is 11.8 Å². The lowest BCUT2D eigenvalue weighted by Crippen LogP contribution is -2.56. The van der Waals surface area contributed by atoms with E-state index in [2.05, 4.69) is 56.9 Å². The molecule has 12 nitrogen and oxygen atoms in total. The van der Waals surface area contributed by atoms with Crippen molar-refractivity contribution in [3.05, 3.63) is 50.2 Å². The van der Waals surface area contributed by atoms with Crippen LogP contribution in [0.15, 0.2) is 27.2 Å². The number of carbonyl (C=O) groups excluding carboxylic acids is 3. The molecule has 39 heavy (non-hydrogen) atoms. The van der Waals surface area contributed by atoms with Gasteiger partial charge in [0.1, 0.15) is 5.82 Å². The van der Waals surface area contributed by atoms with E-state index in [1.807, 2.05) is 7.05 Å². The maximum atomic E-state index is 13.3. The lowest BCUT2D eigenvalue weighted by Gasteiger charge is -2.35. The molecule has 4 heterocycles. The normalized spacial score (nSPS) is 20.8. The molecule has 3 amide bonds. The fourth-order valence-corrected chi connectivity index (χ4v) is 6.04. The zero-order chi connectivity index (χ0) is 26.8. The third-order valence-corrected chi connectivity index (χ3v) is 8.22. The highest BCUT2D eigenvalue weighted by Crippen LogP contribution is 2.33. The van der Waals surface area contributed by atoms with Crippen LogP contribution in [0.2, 0.25) is 0 Å². The molecule has 1 fully saturated rings. The largest absolute Gasteiger partial charge is 0.425 e. The summed E-state index contributed by atoms with van der Waals surface area (Å²) in [5.74, 6) is -0.816. The number of aryl methyl sites for hydroxylation is 1. The molecule has 5 rings (SSSR count). The number of pyridine rings is 1. The van der Waals surface area contributed by atoms with Gasteiger partial charge in [-0.3, -0.25) is 14.4 Å². The Morgan fingerprint density at radius 3 is 2.67 bits per heavy atom. The van der Waals surface area contributed by atoms with Gasteiger partial charge in [0.25, 0.3) is 5.91 Å². The third-order valence-electron chi connectivity index (χ3n) is 6.67. The predicted octanol–water partition coefficient (Wildman–Crippen LogP) is 2.59. The van der Waals surface area contributed by atoms with Crippen molar-refractivity contribution in [1.82, 2.24) is 35.7 Å². The number of likely N-dealkylation sites (N-methyl/N-ethyl adjacent to an activating group) is 1. The first-order valence-electron chi connectivity index (χ1n) is 12.3. The molecule has 0 unspecified atom stereocenters. The number of nitrogens with zero attached hydrogens (tertiary/aromatic N) is 5. The van der Waals surface area contributed by atoms with Gasteiger partial charge in [-0.05, 0) is 54.4 Å². The Hall–Kier alpha value is -2.94. The second-order valence-electron chi connectivity index (χ2n) is 9.52. The topological polar surface area (TPSA) is 155 Å². The average Bonchev–Trinajstić information content (AvgIpc) is 3.52. The molecule has 0 spiro atoms. The maximum absolute atomic E-state index is 13.3. The van der Waals surface area contributed by atoms with E-state index in [9.17, 15) is 14.4 Å². The van der Waals surface area contributed by atoms with Gasteiger partial charge in [0.2, 0.25) is 11.8 Å². The molecule has 1 aliphatic heterocycles. The Morgan fingerprint density at radius 2 is 1.95 bits per heavy atom. The van der Waals surface area contributed by atoms with Crippen LogP contribution in [0.25, 0.3) is 0 Å². The van der Waals surface area contributed by atoms with Crippen LogP contribution in [-0.2, 0) is 22.6 Å². The number of nitrogens with one attached hydrogen (secondary N) is 3. The second kappa shape index (κ2) is 12.5.